The zero-order valence-electron chi connectivity index (χ0n) is 11.3. The molecule has 0 spiro atoms. The molecule has 2 N–H and O–H groups in total. The van der Waals surface area contributed by atoms with Gasteiger partial charge >= 0.3 is 0 Å². The Balaban J connectivity index is 1.49. The summed E-state index contributed by atoms with van der Waals surface area (Å²) >= 11 is 4.73. The van der Waals surface area contributed by atoms with E-state index in [0.29, 0.717) is 23.1 Å². The third kappa shape index (κ3) is 3.96. The quantitative estimate of drug-likeness (QED) is 0.787. The second-order valence-corrected chi connectivity index (χ2v) is 6.67. The van der Waals surface area contributed by atoms with Gasteiger partial charge in [0.25, 0.3) is 0 Å². The predicted octanol–water partition coefficient (Wildman–Crippen LogP) is 2.11. The molecule has 1 atom stereocenters. The monoisotopic (exact) mass is 370 g/mol. The van der Waals surface area contributed by atoms with Crippen molar-refractivity contribution in [3.63, 3.8) is 0 Å². The molecule has 0 aliphatic carbocycles. The molecule has 0 saturated carbocycles. The Morgan fingerprint density at radius 3 is 3.33 bits per heavy atom. The number of H-pyrrole nitrogens is 1. The number of hydrogen-bond donors (Lipinski definition) is 2. The van der Waals surface area contributed by atoms with Gasteiger partial charge in [0, 0.05) is 23.8 Å². The number of aromatic nitrogens is 3. The smallest absolute Gasteiger partial charge is 0.230 e. The van der Waals surface area contributed by atoms with Gasteiger partial charge in [-0.1, -0.05) is 11.8 Å². The lowest BCUT2D eigenvalue weighted by Gasteiger charge is -2.09. The van der Waals surface area contributed by atoms with Crippen LogP contribution in [0.1, 0.15) is 12.8 Å². The number of rotatable bonds is 5. The van der Waals surface area contributed by atoms with Gasteiger partial charge in [-0.15, -0.1) is 0 Å². The second-order valence-electron chi connectivity index (χ2n) is 4.79. The first kappa shape index (κ1) is 14.8. The number of carbonyl (C=O) groups is 1. The highest BCUT2D eigenvalue weighted by atomic mass is 79.9. The minimum atomic E-state index is -0.00917. The Bertz CT molecular complexity index is 642. The topological polar surface area (TPSA) is 79.9 Å². The van der Waals surface area contributed by atoms with Gasteiger partial charge in [-0.25, -0.2) is 9.97 Å². The van der Waals surface area contributed by atoms with Crippen LogP contribution in [0, 0.1) is 0 Å². The Morgan fingerprint density at radius 1 is 1.62 bits per heavy atom. The highest BCUT2D eigenvalue weighted by Gasteiger charge is 2.16. The van der Waals surface area contributed by atoms with Gasteiger partial charge in [-0.3, -0.25) is 4.79 Å². The maximum atomic E-state index is 11.8. The van der Waals surface area contributed by atoms with Gasteiger partial charge in [0.2, 0.25) is 5.91 Å². The Kier molecular flexibility index (Phi) is 4.77. The van der Waals surface area contributed by atoms with E-state index in [-0.39, 0.29) is 12.0 Å². The molecular formula is C13H15BrN4O2S. The minimum absolute atomic E-state index is 0.00917. The highest BCUT2D eigenvalue weighted by molar-refractivity contribution is 9.10. The Hall–Kier alpha value is -1.12. The lowest BCUT2D eigenvalue weighted by atomic mass is 10.2. The van der Waals surface area contributed by atoms with E-state index in [1.807, 2.05) is 6.07 Å². The summed E-state index contributed by atoms with van der Waals surface area (Å²) in [6, 6.07) is 1.91. The van der Waals surface area contributed by atoms with Crippen molar-refractivity contribution in [1.29, 1.82) is 0 Å². The maximum Gasteiger partial charge on any atom is 0.230 e. The summed E-state index contributed by atoms with van der Waals surface area (Å²) in [6.45, 7) is 1.39. The first-order valence-electron chi connectivity index (χ1n) is 6.73. The summed E-state index contributed by atoms with van der Waals surface area (Å²) in [5.41, 5.74) is 1.51. The van der Waals surface area contributed by atoms with Crippen LogP contribution in [0.25, 0.3) is 11.2 Å². The summed E-state index contributed by atoms with van der Waals surface area (Å²) in [5.74, 6) is 0.318. The molecule has 3 heterocycles. The summed E-state index contributed by atoms with van der Waals surface area (Å²) in [7, 11) is 0. The molecule has 8 heteroatoms. The van der Waals surface area contributed by atoms with Crippen LogP contribution in [0.4, 0.5) is 0 Å². The lowest BCUT2D eigenvalue weighted by molar-refractivity contribution is -0.119. The molecule has 0 radical (unpaired) electrons. The van der Waals surface area contributed by atoms with Gasteiger partial charge in [-0.2, -0.15) is 0 Å². The van der Waals surface area contributed by atoms with Crippen molar-refractivity contribution in [2.45, 2.75) is 24.1 Å². The lowest BCUT2D eigenvalue weighted by Crippen LogP contribution is -2.32. The third-order valence-electron chi connectivity index (χ3n) is 3.17. The average molecular weight is 371 g/mol. The fourth-order valence-electron chi connectivity index (χ4n) is 2.14. The molecule has 0 unspecified atom stereocenters. The molecule has 1 aliphatic heterocycles. The van der Waals surface area contributed by atoms with Crippen molar-refractivity contribution < 1.29 is 9.53 Å². The number of carbonyl (C=O) groups excluding carboxylic acids is 1. The number of amides is 1. The number of aromatic amines is 1. The van der Waals surface area contributed by atoms with E-state index in [2.05, 4.69) is 36.2 Å². The number of fused-ring (bicyclic) bond motifs is 1. The Labute approximate surface area is 134 Å². The van der Waals surface area contributed by atoms with Crippen molar-refractivity contribution in [3.05, 3.63) is 16.7 Å². The summed E-state index contributed by atoms with van der Waals surface area (Å²) in [5, 5.41) is 3.59. The van der Waals surface area contributed by atoms with Crippen molar-refractivity contribution in [2.24, 2.45) is 0 Å². The minimum Gasteiger partial charge on any atom is -0.376 e. The van der Waals surface area contributed by atoms with Crippen LogP contribution in [0.2, 0.25) is 0 Å². The van der Waals surface area contributed by atoms with E-state index in [1.165, 1.54) is 11.8 Å². The maximum absolute atomic E-state index is 11.8. The number of pyridine rings is 1. The first-order valence-corrected chi connectivity index (χ1v) is 8.51. The SMILES string of the molecule is O=C(CSc1nc2ncc(Br)cc2[nH]1)NC[C@H]1CCCO1. The molecular weight excluding hydrogens is 356 g/mol. The molecule has 1 amide bonds. The van der Waals surface area contributed by atoms with Gasteiger partial charge in [0.15, 0.2) is 10.8 Å². The number of nitrogens with zero attached hydrogens (tertiary/aromatic N) is 2. The van der Waals surface area contributed by atoms with Gasteiger partial charge in [0.1, 0.15) is 0 Å². The van der Waals surface area contributed by atoms with Gasteiger partial charge in [-0.05, 0) is 34.8 Å². The number of nitrogens with one attached hydrogen (secondary N) is 2. The van der Waals surface area contributed by atoms with E-state index in [0.717, 1.165) is 29.4 Å². The molecule has 2 aromatic heterocycles. The van der Waals surface area contributed by atoms with Crippen LogP contribution in [0.15, 0.2) is 21.9 Å². The Morgan fingerprint density at radius 2 is 2.52 bits per heavy atom. The van der Waals surface area contributed by atoms with Gasteiger partial charge in [0.05, 0.1) is 17.4 Å². The fourth-order valence-corrected chi connectivity index (χ4v) is 3.17. The average Bonchev–Trinajstić information content (AvgIpc) is 3.11. The molecule has 2 aromatic rings. The van der Waals surface area contributed by atoms with Crippen molar-refractivity contribution in [3.8, 4) is 0 Å². The summed E-state index contributed by atoms with van der Waals surface area (Å²) in [4.78, 5) is 23.5. The van der Waals surface area contributed by atoms with E-state index in [4.69, 9.17) is 4.74 Å². The van der Waals surface area contributed by atoms with Crippen molar-refractivity contribution in [1.82, 2.24) is 20.3 Å². The summed E-state index contributed by atoms with van der Waals surface area (Å²) < 4.78 is 6.36. The predicted molar refractivity (Wildman–Crippen MR) is 84.3 cm³/mol. The normalized spacial score (nSPS) is 18.2. The number of halogens is 1. The van der Waals surface area contributed by atoms with E-state index in [1.54, 1.807) is 6.20 Å². The first-order chi connectivity index (χ1) is 10.2. The molecule has 1 fully saturated rings. The van der Waals surface area contributed by atoms with Crippen LogP contribution in [-0.2, 0) is 9.53 Å². The third-order valence-corrected chi connectivity index (χ3v) is 4.48. The van der Waals surface area contributed by atoms with Crippen molar-refractivity contribution in [2.75, 3.05) is 18.9 Å². The standard InChI is InChI=1S/C13H15BrN4O2S/c14-8-4-10-12(16-5-8)18-13(17-10)21-7-11(19)15-6-9-2-1-3-20-9/h4-5,9H,1-3,6-7H2,(H,15,19)(H,16,17,18)/t9-/m1/s1. The van der Waals surface area contributed by atoms with Crippen LogP contribution in [0.3, 0.4) is 0 Å². The fraction of sp³-hybridized carbons (Fsp3) is 0.462. The zero-order valence-corrected chi connectivity index (χ0v) is 13.7. The molecule has 112 valence electrons. The molecule has 6 nitrogen and oxygen atoms in total. The number of imidazole rings is 1. The number of ether oxygens (including phenoxy) is 1. The molecule has 21 heavy (non-hydrogen) atoms. The molecule has 1 saturated heterocycles. The van der Waals surface area contributed by atoms with E-state index >= 15 is 0 Å². The van der Waals surface area contributed by atoms with Crippen LogP contribution < -0.4 is 5.32 Å². The van der Waals surface area contributed by atoms with E-state index < -0.39 is 0 Å². The largest absolute Gasteiger partial charge is 0.376 e. The van der Waals surface area contributed by atoms with Crippen LogP contribution in [0.5, 0.6) is 0 Å². The molecule has 0 bridgehead atoms. The summed E-state index contributed by atoms with van der Waals surface area (Å²) in [6.07, 6.45) is 3.98. The molecule has 0 aromatic carbocycles. The highest BCUT2D eigenvalue weighted by Crippen LogP contribution is 2.20. The second kappa shape index (κ2) is 6.76. The number of hydrogen-bond acceptors (Lipinski definition) is 5. The zero-order chi connectivity index (χ0) is 14.7. The van der Waals surface area contributed by atoms with Gasteiger partial charge < -0.3 is 15.0 Å². The van der Waals surface area contributed by atoms with Crippen LogP contribution in [-0.4, -0.2) is 45.9 Å². The molecule has 1 aliphatic rings. The molecule has 3 rings (SSSR count). The van der Waals surface area contributed by atoms with Crippen molar-refractivity contribution >= 4 is 44.8 Å². The number of thioether (sulfide) groups is 1. The van der Waals surface area contributed by atoms with Crippen LogP contribution >= 0.6 is 27.7 Å². The van der Waals surface area contributed by atoms with E-state index in [9.17, 15) is 4.79 Å².